The van der Waals surface area contributed by atoms with Gasteiger partial charge < -0.3 is 20.3 Å². The van der Waals surface area contributed by atoms with Gasteiger partial charge in [-0.25, -0.2) is 22.0 Å². The number of aromatic carboxylic acids is 1. The number of halogens is 2. The third kappa shape index (κ3) is 6.86. The fraction of sp³-hybridized carbons (Fsp3) is 0.111. The van der Waals surface area contributed by atoms with Gasteiger partial charge in [-0.3, -0.25) is 4.72 Å². The van der Waals surface area contributed by atoms with Gasteiger partial charge in [0.2, 0.25) is 10.0 Å². The Labute approximate surface area is 222 Å². The first kappa shape index (κ1) is 27.5. The standard InChI is InChI=1S/C27H23F2N3O6S/c1-15-6-7-21(27(33)34)24(8-15)38-26-23(29)13-22(28)25(31-26)37-20-11-18(10-19(12-20)32-39(2,35)36)17-5-3-4-16(9-17)14-30/h3-13,32H,14,30H2,1-2H3,(H,33,34). The fourth-order valence-corrected chi connectivity index (χ4v) is 4.20. The summed E-state index contributed by atoms with van der Waals surface area (Å²) in [5.41, 5.74) is 8.25. The van der Waals surface area contributed by atoms with E-state index in [0.29, 0.717) is 22.8 Å². The van der Waals surface area contributed by atoms with E-state index >= 15 is 0 Å². The number of nitrogens with one attached hydrogen (secondary N) is 1. The molecule has 4 aromatic rings. The maximum Gasteiger partial charge on any atom is 0.339 e. The van der Waals surface area contributed by atoms with Crippen molar-refractivity contribution in [3.63, 3.8) is 0 Å². The first-order valence-corrected chi connectivity index (χ1v) is 13.3. The summed E-state index contributed by atoms with van der Waals surface area (Å²) in [6, 6.07) is 16.2. The number of hydrogen-bond donors (Lipinski definition) is 3. The quantitative estimate of drug-likeness (QED) is 0.248. The van der Waals surface area contributed by atoms with Crippen molar-refractivity contribution in [2.24, 2.45) is 5.73 Å². The van der Waals surface area contributed by atoms with Crippen LogP contribution in [-0.4, -0.2) is 30.7 Å². The van der Waals surface area contributed by atoms with Crippen LogP contribution in [0, 0.1) is 18.6 Å². The zero-order chi connectivity index (χ0) is 28.3. The van der Waals surface area contributed by atoms with E-state index < -0.39 is 39.4 Å². The van der Waals surface area contributed by atoms with Crippen LogP contribution in [0.2, 0.25) is 0 Å². The van der Waals surface area contributed by atoms with E-state index in [1.54, 1.807) is 31.2 Å². The monoisotopic (exact) mass is 555 g/mol. The lowest BCUT2D eigenvalue weighted by Gasteiger charge is -2.14. The summed E-state index contributed by atoms with van der Waals surface area (Å²) in [7, 11) is -3.68. The van der Waals surface area contributed by atoms with Gasteiger partial charge in [-0.15, -0.1) is 0 Å². The number of benzene rings is 3. The van der Waals surface area contributed by atoms with Gasteiger partial charge in [-0.05, 0) is 59.5 Å². The zero-order valence-electron chi connectivity index (χ0n) is 20.7. The maximum atomic E-state index is 14.7. The highest BCUT2D eigenvalue weighted by atomic mass is 32.2. The number of nitrogens with two attached hydrogens (primary N) is 1. The summed E-state index contributed by atoms with van der Waals surface area (Å²) < 4.78 is 66.4. The van der Waals surface area contributed by atoms with E-state index in [9.17, 15) is 27.1 Å². The number of pyridine rings is 1. The molecular weight excluding hydrogens is 532 g/mol. The Hall–Kier alpha value is -4.55. The Kier molecular flexibility index (Phi) is 7.79. The van der Waals surface area contributed by atoms with Crippen LogP contribution in [0.5, 0.6) is 23.3 Å². The average Bonchev–Trinajstić information content (AvgIpc) is 2.85. The van der Waals surface area contributed by atoms with Crippen LogP contribution in [0.15, 0.2) is 66.7 Å². The number of carboxylic acids is 1. The number of hydrogen-bond acceptors (Lipinski definition) is 7. The minimum Gasteiger partial charge on any atom is -0.478 e. The van der Waals surface area contributed by atoms with Crippen molar-refractivity contribution in [2.75, 3.05) is 11.0 Å². The molecule has 0 radical (unpaired) electrons. The third-order valence-corrected chi connectivity index (χ3v) is 5.97. The SMILES string of the molecule is Cc1ccc(C(=O)O)c(Oc2nc(Oc3cc(NS(C)(=O)=O)cc(-c4cccc(CN)c4)c3)c(F)cc2F)c1. The Bertz CT molecular complexity index is 1680. The van der Waals surface area contributed by atoms with Gasteiger partial charge >= 0.3 is 5.97 Å². The van der Waals surface area contributed by atoms with Gasteiger partial charge in [0.25, 0.3) is 11.8 Å². The summed E-state index contributed by atoms with van der Waals surface area (Å²) in [6.45, 7) is 1.95. The van der Waals surface area contributed by atoms with E-state index in [2.05, 4.69) is 9.71 Å². The largest absolute Gasteiger partial charge is 0.478 e. The first-order valence-electron chi connectivity index (χ1n) is 11.4. The third-order valence-electron chi connectivity index (χ3n) is 5.36. The van der Waals surface area contributed by atoms with Crippen LogP contribution in [-0.2, 0) is 16.6 Å². The van der Waals surface area contributed by atoms with Crippen LogP contribution in [0.1, 0.15) is 21.5 Å². The molecule has 0 spiro atoms. The van der Waals surface area contributed by atoms with Crippen LogP contribution in [0.3, 0.4) is 0 Å². The topological polar surface area (TPSA) is 141 Å². The second kappa shape index (κ2) is 11.1. The van der Waals surface area contributed by atoms with E-state index in [1.165, 1.54) is 30.3 Å². The summed E-state index contributed by atoms with van der Waals surface area (Å²) in [6.07, 6.45) is 0.969. The summed E-state index contributed by atoms with van der Waals surface area (Å²) in [5.74, 6) is -5.31. The van der Waals surface area contributed by atoms with Crippen LogP contribution < -0.4 is 19.9 Å². The Morgan fingerprint density at radius 2 is 1.69 bits per heavy atom. The molecular formula is C27H23F2N3O6S. The Balaban J connectivity index is 1.75. The van der Waals surface area contributed by atoms with Gasteiger partial charge in [0, 0.05) is 18.7 Å². The Morgan fingerprint density at radius 1 is 0.974 bits per heavy atom. The second-order valence-electron chi connectivity index (χ2n) is 8.60. The minimum absolute atomic E-state index is 0.0254. The number of aromatic nitrogens is 1. The van der Waals surface area contributed by atoms with Crippen molar-refractivity contribution in [2.45, 2.75) is 13.5 Å². The van der Waals surface area contributed by atoms with Crippen LogP contribution in [0.25, 0.3) is 11.1 Å². The molecule has 0 unspecified atom stereocenters. The fourth-order valence-electron chi connectivity index (χ4n) is 3.66. The van der Waals surface area contributed by atoms with Gasteiger partial charge in [0.05, 0.1) is 11.9 Å². The van der Waals surface area contributed by atoms with Gasteiger partial charge in [0.1, 0.15) is 17.1 Å². The minimum atomic E-state index is -3.68. The highest BCUT2D eigenvalue weighted by Crippen LogP contribution is 2.35. The number of carbonyl (C=O) groups is 1. The lowest BCUT2D eigenvalue weighted by atomic mass is 10.0. The van der Waals surface area contributed by atoms with Crippen molar-refractivity contribution in [3.05, 3.63) is 95.1 Å². The lowest BCUT2D eigenvalue weighted by molar-refractivity contribution is 0.0694. The normalized spacial score (nSPS) is 11.2. The predicted molar refractivity (Wildman–Crippen MR) is 141 cm³/mol. The summed E-state index contributed by atoms with van der Waals surface area (Å²) in [4.78, 5) is 15.3. The van der Waals surface area contributed by atoms with Crippen molar-refractivity contribution in [1.82, 2.24) is 4.98 Å². The Morgan fingerprint density at radius 3 is 2.36 bits per heavy atom. The molecule has 0 aliphatic carbocycles. The van der Waals surface area contributed by atoms with Crippen molar-refractivity contribution in [1.29, 1.82) is 0 Å². The van der Waals surface area contributed by atoms with E-state index in [-0.39, 0.29) is 29.3 Å². The molecule has 0 saturated carbocycles. The van der Waals surface area contributed by atoms with Crippen molar-refractivity contribution in [3.8, 4) is 34.4 Å². The second-order valence-corrected chi connectivity index (χ2v) is 10.3. The molecule has 12 heteroatoms. The number of anilines is 1. The molecule has 4 rings (SSSR count). The van der Waals surface area contributed by atoms with E-state index in [0.717, 1.165) is 11.8 Å². The summed E-state index contributed by atoms with van der Waals surface area (Å²) in [5, 5.41) is 9.42. The zero-order valence-corrected chi connectivity index (χ0v) is 21.6. The van der Waals surface area contributed by atoms with Gasteiger partial charge in [-0.1, -0.05) is 24.3 Å². The predicted octanol–water partition coefficient (Wildman–Crippen LogP) is 5.45. The van der Waals surface area contributed by atoms with E-state index in [4.69, 9.17) is 15.2 Å². The van der Waals surface area contributed by atoms with Crippen LogP contribution in [0.4, 0.5) is 14.5 Å². The van der Waals surface area contributed by atoms with Crippen molar-refractivity contribution < 1.29 is 36.6 Å². The molecule has 9 nitrogen and oxygen atoms in total. The molecule has 0 aliphatic rings. The molecule has 0 fully saturated rings. The molecule has 0 saturated heterocycles. The highest BCUT2D eigenvalue weighted by molar-refractivity contribution is 7.92. The number of carboxylic acid groups (broad SMARTS) is 1. The molecule has 1 aromatic heterocycles. The van der Waals surface area contributed by atoms with Gasteiger partial charge in [0.15, 0.2) is 11.6 Å². The molecule has 0 bridgehead atoms. The van der Waals surface area contributed by atoms with Crippen LogP contribution >= 0.6 is 0 Å². The highest BCUT2D eigenvalue weighted by Gasteiger charge is 2.20. The van der Waals surface area contributed by atoms with Crippen molar-refractivity contribution >= 4 is 21.7 Å². The molecule has 3 aromatic carbocycles. The van der Waals surface area contributed by atoms with Gasteiger partial charge in [-0.2, -0.15) is 4.98 Å². The number of nitrogens with zero attached hydrogens (tertiary/aromatic N) is 1. The number of sulfonamides is 1. The molecule has 0 aliphatic heterocycles. The van der Waals surface area contributed by atoms with E-state index in [1.807, 2.05) is 6.07 Å². The summed E-state index contributed by atoms with van der Waals surface area (Å²) >= 11 is 0. The lowest BCUT2D eigenvalue weighted by Crippen LogP contribution is -2.09. The first-order chi connectivity index (χ1) is 18.4. The molecule has 202 valence electrons. The molecule has 39 heavy (non-hydrogen) atoms. The molecule has 4 N–H and O–H groups in total. The number of rotatable bonds is 9. The maximum absolute atomic E-state index is 14.7. The smallest absolute Gasteiger partial charge is 0.339 e. The molecule has 0 amide bonds. The molecule has 1 heterocycles. The number of aryl methyl sites for hydroxylation is 1. The molecule has 0 atom stereocenters. The average molecular weight is 556 g/mol. The number of ether oxygens (including phenoxy) is 2.